The van der Waals surface area contributed by atoms with Gasteiger partial charge in [-0.15, -0.1) is 0 Å². The van der Waals surface area contributed by atoms with Crippen LogP contribution < -0.4 is 10.6 Å². The summed E-state index contributed by atoms with van der Waals surface area (Å²) >= 11 is 0. The number of amides is 1. The zero-order chi connectivity index (χ0) is 17.6. The first kappa shape index (κ1) is 19.2. The Hall–Kier alpha value is -1.88. The van der Waals surface area contributed by atoms with E-state index in [1.54, 1.807) is 0 Å². The van der Waals surface area contributed by atoms with Crippen LogP contribution in [0.15, 0.2) is 12.1 Å². The number of hydrogen-bond acceptors (Lipinski definition) is 4. The third kappa shape index (κ3) is 5.67. The van der Waals surface area contributed by atoms with E-state index in [0.717, 1.165) is 23.2 Å². The molecule has 0 heterocycles. The number of rotatable bonds is 7. The van der Waals surface area contributed by atoms with E-state index in [-0.39, 0.29) is 24.8 Å². The van der Waals surface area contributed by atoms with E-state index in [4.69, 9.17) is 4.74 Å². The fourth-order valence-corrected chi connectivity index (χ4v) is 2.56. The number of carbonyl (C=O) groups is 2. The fourth-order valence-electron chi connectivity index (χ4n) is 2.56. The summed E-state index contributed by atoms with van der Waals surface area (Å²) in [5.41, 5.74) is 3.66. The minimum Gasteiger partial charge on any atom is -0.469 e. The molecule has 0 bridgehead atoms. The lowest BCUT2D eigenvalue weighted by Crippen LogP contribution is -2.47. The van der Waals surface area contributed by atoms with Crippen molar-refractivity contribution in [2.24, 2.45) is 0 Å². The summed E-state index contributed by atoms with van der Waals surface area (Å²) in [6, 6.07) is 4.09. The molecule has 1 amide bonds. The van der Waals surface area contributed by atoms with Crippen molar-refractivity contribution in [1.29, 1.82) is 0 Å². The third-order valence-electron chi connectivity index (χ3n) is 4.16. The molecule has 23 heavy (non-hydrogen) atoms. The van der Waals surface area contributed by atoms with Gasteiger partial charge in [-0.1, -0.05) is 24.6 Å². The molecule has 0 unspecified atom stereocenters. The van der Waals surface area contributed by atoms with Crippen LogP contribution in [0, 0.1) is 20.8 Å². The molecule has 0 radical (unpaired) electrons. The van der Waals surface area contributed by atoms with Crippen LogP contribution in [0.25, 0.3) is 0 Å². The summed E-state index contributed by atoms with van der Waals surface area (Å²) in [6.45, 7) is 10.0. The maximum atomic E-state index is 12.2. The van der Waals surface area contributed by atoms with Gasteiger partial charge in [-0.3, -0.25) is 9.59 Å². The Morgan fingerprint density at radius 2 is 1.74 bits per heavy atom. The molecule has 0 saturated carbocycles. The van der Waals surface area contributed by atoms with E-state index in [1.165, 1.54) is 12.7 Å². The lowest BCUT2D eigenvalue weighted by atomic mass is 9.94. The minimum atomic E-state index is -0.457. The van der Waals surface area contributed by atoms with Gasteiger partial charge in [0, 0.05) is 11.2 Å². The van der Waals surface area contributed by atoms with E-state index >= 15 is 0 Å². The summed E-state index contributed by atoms with van der Waals surface area (Å²) in [7, 11) is 1.37. The normalized spacial score (nSPS) is 13.3. The first-order chi connectivity index (χ1) is 10.7. The molecular weight excluding hydrogens is 292 g/mol. The number of ether oxygens (including phenoxy) is 1. The number of anilines is 1. The Morgan fingerprint density at radius 1 is 1.17 bits per heavy atom. The van der Waals surface area contributed by atoms with Gasteiger partial charge in [-0.25, -0.2) is 0 Å². The van der Waals surface area contributed by atoms with Gasteiger partial charge in [0.2, 0.25) is 5.91 Å². The predicted octanol–water partition coefficient (Wildman–Crippen LogP) is 2.87. The molecule has 0 fully saturated rings. The van der Waals surface area contributed by atoms with E-state index < -0.39 is 5.54 Å². The number of esters is 1. The molecule has 0 aliphatic heterocycles. The molecule has 0 aliphatic rings. The number of carbonyl (C=O) groups excluding carboxylic acids is 2. The van der Waals surface area contributed by atoms with Crippen LogP contribution in [0.4, 0.5) is 5.69 Å². The van der Waals surface area contributed by atoms with Crippen LogP contribution in [0.3, 0.4) is 0 Å². The number of aryl methyl sites for hydroxylation is 3. The number of hydrogen-bond donors (Lipinski definition) is 2. The minimum absolute atomic E-state index is 0.121. The molecule has 5 nitrogen and oxygen atoms in total. The lowest BCUT2D eigenvalue weighted by molar-refractivity contribution is -0.142. The van der Waals surface area contributed by atoms with Crippen molar-refractivity contribution >= 4 is 17.6 Å². The molecule has 1 atom stereocenters. The summed E-state index contributed by atoms with van der Waals surface area (Å²) in [5, 5.41) is 6.12. The molecule has 2 N–H and O–H groups in total. The Labute approximate surface area is 138 Å². The molecule has 128 valence electrons. The summed E-state index contributed by atoms with van der Waals surface area (Å²) < 4.78 is 4.71. The first-order valence-corrected chi connectivity index (χ1v) is 7.90. The topological polar surface area (TPSA) is 67.4 Å². The zero-order valence-corrected chi connectivity index (χ0v) is 15.0. The smallest absolute Gasteiger partial charge is 0.307 e. The van der Waals surface area contributed by atoms with Crippen molar-refractivity contribution in [2.75, 3.05) is 19.0 Å². The second-order valence-corrected chi connectivity index (χ2v) is 6.34. The van der Waals surface area contributed by atoms with Gasteiger partial charge in [-0.2, -0.15) is 0 Å². The molecule has 1 rings (SSSR count). The monoisotopic (exact) mass is 320 g/mol. The van der Waals surface area contributed by atoms with Crippen molar-refractivity contribution in [3.8, 4) is 0 Å². The molecule has 5 heteroatoms. The Kier molecular flexibility index (Phi) is 6.76. The van der Waals surface area contributed by atoms with Gasteiger partial charge >= 0.3 is 5.97 Å². The van der Waals surface area contributed by atoms with E-state index in [2.05, 4.69) is 10.6 Å². The van der Waals surface area contributed by atoms with Crippen molar-refractivity contribution in [3.05, 3.63) is 28.8 Å². The van der Waals surface area contributed by atoms with Crippen LogP contribution in [0.2, 0.25) is 0 Å². The van der Waals surface area contributed by atoms with Gasteiger partial charge in [0.25, 0.3) is 0 Å². The van der Waals surface area contributed by atoms with Gasteiger partial charge in [0.05, 0.1) is 20.1 Å². The van der Waals surface area contributed by atoms with Crippen LogP contribution in [-0.2, 0) is 14.3 Å². The second-order valence-electron chi connectivity index (χ2n) is 6.34. The molecule has 0 aliphatic carbocycles. The van der Waals surface area contributed by atoms with E-state index in [0.29, 0.717) is 0 Å². The fraction of sp³-hybridized carbons (Fsp3) is 0.556. The van der Waals surface area contributed by atoms with Crippen LogP contribution in [-0.4, -0.2) is 31.1 Å². The van der Waals surface area contributed by atoms with Crippen LogP contribution in [0.5, 0.6) is 0 Å². The van der Waals surface area contributed by atoms with Gasteiger partial charge < -0.3 is 15.4 Å². The van der Waals surface area contributed by atoms with Gasteiger partial charge in [-0.05, 0) is 45.2 Å². The van der Waals surface area contributed by atoms with Crippen molar-refractivity contribution in [1.82, 2.24) is 5.32 Å². The molecule has 1 aromatic rings. The molecule has 0 aromatic heterocycles. The maximum Gasteiger partial charge on any atom is 0.307 e. The van der Waals surface area contributed by atoms with Crippen molar-refractivity contribution in [3.63, 3.8) is 0 Å². The van der Waals surface area contributed by atoms with Crippen molar-refractivity contribution < 1.29 is 14.3 Å². The molecular formula is C18H28N2O3. The zero-order valence-electron chi connectivity index (χ0n) is 15.0. The van der Waals surface area contributed by atoms with Crippen LogP contribution >= 0.6 is 0 Å². The highest BCUT2D eigenvalue weighted by Gasteiger charge is 2.26. The number of methoxy groups -OCH3 is 1. The quantitative estimate of drug-likeness (QED) is 0.758. The Balaban J connectivity index is 2.68. The SMILES string of the molecule is CC[C@](C)(CC(=O)OC)NCC(=O)Nc1c(C)cc(C)cc1C. The van der Waals surface area contributed by atoms with Gasteiger partial charge in [0.15, 0.2) is 0 Å². The maximum absolute atomic E-state index is 12.2. The van der Waals surface area contributed by atoms with E-state index in [9.17, 15) is 9.59 Å². The highest BCUT2D eigenvalue weighted by molar-refractivity contribution is 5.93. The second kappa shape index (κ2) is 8.11. The lowest BCUT2D eigenvalue weighted by Gasteiger charge is -2.28. The first-order valence-electron chi connectivity index (χ1n) is 7.90. The summed E-state index contributed by atoms with van der Waals surface area (Å²) in [5.74, 6) is -0.405. The van der Waals surface area contributed by atoms with E-state index in [1.807, 2.05) is 46.8 Å². The largest absolute Gasteiger partial charge is 0.469 e. The van der Waals surface area contributed by atoms with Gasteiger partial charge in [0.1, 0.15) is 0 Å². The predicted molar refractivity (Wildman–Crippen MR) is 92.6 cm³/mol. The Morgan fingerprint density at radius 3 is 2.22 bits per heavy atom. The highest BCUT2D eigenvalue weighted by atomic mass is 16.5. The highest BCUT2D eigenvalue weighted by Crippen LogP contribution is 2.22. The summed E-state index contributed by atoms with van der Waals surface area (Å²) in [6.07, 6.45) is 0.952. The molecule has 0 spiro atoms. The van der Waals surface area contributed by atoms with Crippen LogP contribution in [0.1, 0.15) is 43.4 Å². The van der Waals surface area contributed by atoms with Crippen molar-refractivity contribution in [2.45, 2.75) is 53.0 Å². The number of benzene rings is 1. The summed E-state index contributed by atoms with van der Waals surface area (Å²) in [4.78, 5) is 23.7. The molecule has 0 saturated heterocycles. The molecule has 1 aromatic carbocycles. The average Bonchev–Trinajstić information content (AvgIpc) is 2.48. The third-order valence-corrected chi connectivity index (χ3v) is 4.16. The number of nitrogens with one attached hydrogen (secondary N) is 2. The standard InChI is InChI=1S/C18H28N2O3/c1-7-18(5,10-16(22)23-6)19-11-15(21)20-17-13(3)8-12(2)9-14(17)4/h8-9,19H,7,10-11H2,1-6H3,(H,20,21)/t18-/m1/s1. The average molecular weight is 320 g/mol. The Bertz CT molecular complexity index is 561.